The largest absolute Gasteiger partial charge is 0.493 e. The molecule has 0 bridgehead atoms. The predicted molar refractivity (Wildman–Crippen MR) is 134 cm³/mol. The Hall–Kier alpha value is -3.65. The van der Waals surface area contributed by atoms with E-state index in [1.165, 1.54) is 0 Å². The van der Waals surface area contributed by atoms with Crippen molar-refractivity contribution in [1.82, 2.24) is 9.97 Å². The zero-order chi connectivity index (χ0) is 23.4. The van der Waals surface area contributed by atoms with Crippen molar-refractivity contribution in [2.75, 3.05) is 24.3 Å². The number of nitrogens with one attached hydrogen (secondary N) is 1. The second-order valence-electron chi connectivity index (χ2n) is 7.16. The summed E-state index contributed by atoms with van der Waals surface area (Å²) < 4.78 is 11.8. The van der Waals surface area contributed by atoms with Crippen LogP contribution in [0, 0.1) is 0 Å². The first-order valence-electron chi connectivity index (χ1n) is 10.5. The topological polar surface area (TPSA) is 99.4 Å². The lowest BCUT2D eigenvalue weighted by Crippen LogP contribution is -2.08. The molecule has 1 heterocycles. The van der Waals surface area contributed by atoms with Gasteiger partial charge in [0.05, 0.1) is 18.7 Å². The number of anilines is 3. The minimum absolute atomic E-state index is 0.185. The van der Waals surface area contributed by atoms with E-state index in [-0.39, 0.29) is 5.95 Å². The standard InChI is InChI=1S/C25H23BrN4O3/c1-3-32-22-13-16(8-10-19(22)24(31)33-4-2)15-9-11-21-20(12-15)23(30-25(27)29-21)28-18-7-5-6-17(26)14-18/h5-14H,3-4H2,1-2H3,(H3,27,28,29,30). The van der Waals surface area contributed by atoms with Crippen molar-refractivity contribution in [3.8, 4) is 16.9 Å². The molecule has 168 valence electrons. The fourth-order valence-corrected chi connectivity index (χ4v) is 3.88. The molecule has 0 fully saturated rings. The van der Waals surface area contributed by atoms with E-state index in [1.54, 1.807) is 13.0 Å². The monoisotopic (exact) mass is 506 g/mol. The van der Waals surface area contributed by atoms with E-state index in [2.05, 4.69) is 31.2 Å². The lowest BCUT2D eigenvalue weighted by Gasteiger charge is -2.13. The Bertz CT molecular complexity index is 1330. The molecule has 8 heteroatoms. The van der Waals surface area contributed by atoms with Gasteiger partial charge >= 0.3 is 5.97 Å². The maximum absolute atomic E-state index is 12.3. The van der Waals surface area contributed by atoms with Crippen LogP contribution in [-0.2, 0) is 4.74 Å². The number of fused-ring (bicyclic) bond motifs is 1. The molecular formula is C25H23BrN4O3. The predicted octanol–water partition coefficient (Wildman–Crippen LogP) is 5.96. The molecule has 7 nitrogen and oxygen atoms in total. The SMILES string of the molecule is CCOC(=O)c1ccc(-c2ccc3nc(N)nc(Nc4cccc(Br)c4)c3c2)cc1OCC. The molecule has 0 atom stereocenters. The lowest BCUT2D eigenvalue weighted by atomic mass is 10.0. The number of nitrogens with zero attached hydrogens (tertiary/aromatic N) is 2. The van der Waals surface area contributed by atoms with Gasteiger partial charge in [0.15, 0.2) is 0 Å². The van der Waals surface area contributed by atoms with Crippen LogP contribution in [0.25, 0.3) is 22.0 Å². The maximum atomic E-state index is 12.3. The van der Waals surface area contributed by atoms with Gasteiger partial charge in [0.25, 0.3) is 0 Å². The minimum atomic E-state index is -0.407. The van der Waals surface area contributed by atoms with E-state index in [0.717, 1.165) is 32.2 Å². The molecule has 4 aromatic rings. The fourth-order valence-electron chi connectivity index (χ4n) is 3.48. The van der Waals surface area contributed by atoms with Crippen molar-refractivity contribution >= 4 is 50.3 Å². The summed E-state index contributed by atoms with van der Waals surface area (Å²) in [5, 5.41) is 4.14. The van der Waals surface area contributed by atoms with Crippen LogP contribution in [0.15, 0.2) is 65.1 Å². The number of ether oxygens (including phenoxy) is 2. The fraction of sp³-hybridized carbons (Fsp3) is 0.160. The van der Waals surface area contributed by atoms with E-state index in [1.807, 2.05) is 61.5 Å². The Morgan fingerprint density at radius 1 is 1.00 bits per heavy atom. The van der Waals surface area contributed by atoms with Crippen molar-refractivity contribution in [2.24, 2.45) is 0 Å². The Labute approximate surface area is 200 Å². The first kappa shape index (κ1) is 22.5. The Morgan fingerprint density at radius 2 is 1.79 bits per heavy atom. The first-order valence-corrected chi connectivity index (χ1v) is 11.3. The third-order valence-corrected chi connectivity index (χ3v) is 5.40. The van der Waals surface area contributed by atoms with Crippen molar-refractivity contribution in [1.29, 1.82) is 0 Å². The van der Waals surface area contributed by atoms with Gasteiger partial charge in [-0.15, -0.1) is 0 Å². The lowest BCUT2D eigenvalue weighted by molar-refractivity contribution is 0.0522. The molecule has 0 amide bonds. The third kappa shape index (κ3) is 5.06. The van der Waals surface area contributed by atoms with E-state index < -0.39 is 5.97 Å². The van der Waals surface area contributed by atoms with Crippen molar-refractivity contribution in [3.05, 3.63) is 70.7 Å². The summed E-state index contributed by atoms with van der Waals surface area (Å²) in [6.07, 6.45) is 0. The summed E-state index contributed by atoms with van der Waals surface area (Å²) in [7, 11) is 0. The number of carbonyl (C=O) groups excluding carboxylic acids is 1. The zero-order valence-electron chi connectivity index (χ0n) is 18.3. The minimum Gasteiger partial charge on any atom is -0.493 e. The highest BCUT2D eigenvalue weighted by atomic mass is 79.9. The smallest absolute Gasteiger partial charge is 0.341 e. The summed E-state index contributed by atoms with van der Waals surface area (Å²) in [6, 6.07) is 19.1. The van der Waals surface area contributed by atoms with E-state index in [4.69, 9.17) is 15.2 Å². The van der Waals surface area contributed by atoms with E-state index in [9.17, 15) is 4.79 Å². The van der Waals surface area contributed by atoms with Crippen LogP contribution in [0.1, 0.15) is 24.2 Å². The molecule has 0 saturated carbocycles. The molecule has 3 aromatic carbocycles. The average Bonchev–Trinajstić information content (AvgIpc) is 2.79. The second kappa shape index (κ2) is 9.87. The molecule has 0 aliphatic carbocycles. The highest BCUT2D eigenvalue weighted by Gasteiger charge is 2.16. The summed E-state index contributed by atoms with van der Waals surface area (Å²) in [6.45, 7) is 4.38. The first-order chi connectivity index (χ1) is 16.0. The molecule has 4 rings (SSSR count). The molecular weight excluding hydrogens is 484 g/mol. The van der Waals surface area contributed by atoms with Gasteiger partial charge in [-0.2, -0.15) is 4.98 Å². The van der Waals surface area contributed by atoms with Gasteiger partial charge < -0.3 is 20.5 Å². The van der Waals surface area contributed by atoms with Crippen molar-refractivity contribution in [3.63, 3.8) is 0 Å². The van der Waals surface area contributed by atoms with Crippen LogP contribution < -0.4 is 15.8 Å². The second-order valence-corrected chi connectivity index (χ2v) is 8.08. The van der Waals surface area contributed by atoms with Crippen LogP contribution in [-0.4, -0.2) is 29.2 Å². The number of hydrogen-bond acceptors (Lipinski definition) is 7. The van der Waals surface area contributed by atoms with Gasteiger partial charge in [-0.3, -0.25) is 0 Å². The molecule has 3 N–H and O–H groups in total. The number of carbonyl (C=O) groups is 1. The van der Waals surface area contributed by atoms with Gasteiger partial charge in [-0.25, -0.2) is 9.78 Å². The number of hydrogen-bond donors (Lipinski definition) is 2. The average molecular weight is 507 g/mol. The maximum Gasteiger partial charge on any atom is 0.341 e. The third-order valence-electron chi connectivity index (χ3n) is 4.91. The van der Waals surface area contributed by atoms with Gasteiger partial charge in [0.1, 0.15) is 17.1 Å². The van der Waals surface area contributed by atoms with Crippen molar-refractivity contribution < 1.29 is 14.3 Å². The number of aromatic nitrogens is 2. The summed E-state index contributed by atoms with van der Waals surface area (Å²) in [5.41, 5.74) is 9.74. The summed E-state index contributed by atoms with van der Waals surface area (Å²) >= 11 is 3.48. The van der Waals surface area contributed by atoms with Crippen molar-refractivity contribution in [2.45, 2.75) is 13.8 Å². The van der Waals surface area contributed by atoms with Gasteiger partial charge in [0.2, 0.25) is 5.95 Å². The number of esters is 1. The van der Waals surface area contributed by atoms with E-state index in [0.29, 0.717) is 30.3 Å². The molecule has 1 aromatic heterocycles. The number of nitrogens with two attached hydrogens (primary N) is 1. The molecule has 33 heavy (non-hydrogen) atoms. The number of halogens is 1. The Kier molecular flexibility index (Phi) is 6.74. The molecule has 0 radical (unpaired) electrons. The summed E-state index contributed by atoms with van der Waals surface area (Å²) in [4.78, 5) is 21.1. The van der Waals surface area contributed by atoms with Gasteiger partial charge in [0, 0.05) is 15.5 Å². The van der Waals surface area contributed by atoms with Crippen LogP contribution in [0.4, 0.5) is 17.5 Å². The van der Waals surface area contributed by atoms with Crippen LogP contribution in [0.3, 0.4) is 0 Å². The summed E-state index contributed by atoms with van der Waals surface area (Å²) in [5.74, 6) is 0.862. The Morgan fingerprint density at radius 3 is 2.55 bits per heavy atom. The highest BCUT2D eigenvalue weighted by Crippen LogP contribution is 2.33. The highest BCUT2D eigenvalue weighted by molar-refractivity contribution is 9.10. The number of nitrogen functional groups attached to an aromatic ring is 1. The molecule has 0 aliphatic heterocycles. The van der Waals surface area contributed by atoms with Gasteiger partial charge in [-0.1, -0.05) is 34.1 Å². The normalized spacial score (nSPS) is 10.8. The molecule has 0 unspecified atom stereocenters. The van der Waals surface area contributed by atoms with Crippen LogP contribution >= 0.6 is 15.9 Å². The van der Waals surface area contributed by atoms with E-state index >= 15 is 0 Å². The number of benzene rings is 3. The molecule has 0 aliphatic rings. The van der Waals surface area contributed by atoms with Crippen LogP contribution in [0.5, 0.6) is 5.75 Å². The quantitative estimate of drug-likeness (QED) is 0.298. The zero-order valence-corrected chi connectivity index (χ0v) is 19.8. The number of rotatable bonds is 7. The molecule has 0 spiro atoms. The molecule has 0 saturated heterocycles. The van der Waals surface area contributed by atoms with Gasteiger partial charge in [-0.05, 0) is 67.4 Å². The van der Waals surface area contributed by atoms with Crippen LogP contribution in [0.2, 0.25) is 0 Å². The Balaban J connectivity index is 1.78.